The van der Waals surface area contributed by atoms with Crippen molar-refractivity contribution >= 4 is 15.6 Å². The van der Waals surface area contributed by atoms with Gasteiger partial charge in [0.15, 0.2) is 15.7 Å². The van der Waals surface area contributed by atoms with Crippen LogP contribution in [-0.2, 0) is 16.9 Å². The first kappa shape index (κ1) is 11.3. The summed E-state index contributed by atoms with van der Waals surface area (Å²) in [5.74, 6) is -0.0175. The second-order valence-corrected chi connectivity index (χ2v) is 6.38. The van der Waals surface area contributed by atoms with Crippen LogP contribution >= 0.6 is 0 Å². The summed E-state index contributed by atoms with van der Waals surface area (Å²) in [6.07, 6.45) is 5.02. The van der Waals surface area contributed by atoms with Crippen LogP contribution in [0.25, 0.3) is 0 Å². The zero-order valence-electron chi connectivity index (χ0n) is 9.09. The summed E-state index contributed by atoms with van der Waals surface area (Å²) in [5, 5.41) is -0.887. The molecule has 88 valence electrons. The fraction of sp³-hybridized carbons (Fsp3) is 0.600. The van der Waals surface area contributed by atoms with Crippen LogP contribution < -0.4 is 0 Å². The van der Waals surface area contributed by atoms with Gasteiger partial charge in [-0.2, -0.15) is 0 Å². The Balaban J connectivity index is 2.32. The number of carbonyl (C=O) groups excluding carboxylic acids is 1. The summed E-state index contributed by atoms with van der Waals surface area (Å²) in [4.78, 5) is 15.9. The summed E-state index contributed by atoms with van der Waals surface area (Å²) < 4.78 is 25.1. The molecular weight excluding hydrogens is 228 g/mol. The predicted octanol–water partition coefficient (Wildman–Crippen LogP) is 0.570. The van der Waals surface area contributed by atoms with Gasteiger partial charge >= 0.3 is 0 Å². The highest BCUT2D eigenvalue weighted by molar-refractivity contribution is 7.92. The van der Waals surface area contributed by atoms with Crippen molar-refractivity contribution in [2.24, 2.45) is 7.05 Å². The Hall–Kier alpha value is -1.17. The fourth-order valence-corrected chi connectivity index (χ4v) is 3.84. The number of imidazole rings is 1. The van der Waals surface area contributed by atoms with Gasteiger partial charge in [0.25, 0.3) is 0 Å². The van der Waals surface area contributed by atoms with Crippen LogP contribution in [-0.4, -0.2) is 34.8 Å². The third-order valence-electron chi connectivity index (χ3n) is 2.91. The number of carbonyl (C=O) groups is 1. The number of aromatic nitrogens is 2. The van der Waals surface area contributed by atoms with Crippen LogP contribution in [0.15, 0.2) is 12.4 Å². The second kappa shape index (κ2) is 4.01. The van der Waals surface area contributed by atoms with Crippen molar-refractivity contribution in [2.45, 2.75) is 24.5 Å². The van der Waals surface area contributed by atoms with E-state index < -0.39 is 15.1 Å². The average molecular weight is 242 g/mol. The van der Waals surface area contributed by atoms with Crippen molar-refractivity contribution in [3.05, 3.63) is 18.2 Å². The molecule has 1 unspecified atom stereocenters. The third-order valence-corrected chi connectivity index (χ3v) is 5.09. The number of ketones is 1. The largest absolute Gasteiger partial charge is 0.332 e. The van der Waals surface area contributed by atoms with E-state index in [1.165, 1.54) is 6.20 Å². The molecule has 0 radical (unpaired) electrons. The molecule has 0 N–H and O–H groups in total. The van der Waals surface area contributed by atoms with E-state index in [-0.39, 0.29) is 17.4 Å². The van der Waals surface area contributed by atoms with Gasteiger partial charge in [-0.15, -0.1) is 0 Å². The molecule has 1 aliphatic rings. The van der Waals surface area contributed by atoms with E-state index in [4.69, 9.17) is 0 Å². The molecule has 1 atom stereocenters. The van der Waals surface area contributed by atoms with Crippen LogP contribution in [0.4, 0.5) is 0 Å². The molecule has 1 aliphatic heterocycles. The zero-order valence-corrected chi connectivity index (χ0v) is 9.90. The molecule has 2 heterocycles. The van der Waals surface area contributed by atoms with Crippen molar-refractivity contribution < 1.29 is 13.2 Å². The van der Waals surface area contributed by atoms with Crippen molar-refractivity contribution in [3.63, 3.8) is 0 Å². The Morgan fingerprint density at radius 1 is 1.50 bits per heavy atom. The van der Waals surface area contributed by atoms with Gasteiger partial charge in [0.05, 0.1) is 5.75 Å². The van der Waals surface area contributed by atoms with Gasteiger partial charge in [-0.05, 0) is 12.8 Å². The molecule has 1 fully saturated rings. The molecule has 6 heteroatoms. The number of hydrogen-bond acceptors (Lipinski definition) is 4. The Kier molecular flexibility index (Phi) is 2.84. The van der Waals surface area contributed by atoms with Gasteiger partial charge in [-0.3, -0.25) is 4.79 Å². The maximum Gasteiger partial charge on any atom is 0.216 e. The number of sulfone groups is 1. The standard InChI is InChI=1S/C10H14N2O3S/c1-12-6-5-11-10(12)9(13)8-4-2-3-7-16(8,14)15/h5-6,8H,2-4,7H2,1H3. The van der Waals surface area contributed by atoms with E-state index in [9.17, 15) is 13.2 Å². The SMILES string of the molecule is Cn1ccnc1C(=O)C1CCCCS1(=O)=O. The quantitative estimate of drug-likeness (QED) is 0.711. The second-order valence-electron chi connectivity index (χ2n) is 4.08. The van der Waals surface area contributed by atoms with E-state index >= 15 is 0 Å². The molecule has 0 aromatic carbocycles. The lowest BCUT2D eigenvalue weighted by Crippen LogP contribution is -2.36. The predicted molar refractivity (Wildman–Crippen MR) is 59.0 cm³/mol. The number of nitrogens with zero attached hydrogens (tertiary/aromatic N) is 2. The third kappa shape index (κ3) is 1.89. The maximum absolute atomic E-state index is 12.0. The summed E-state index contributed by atoms with van der Waals surface area (Å²) in [6, 6.07) is 0. The minimum Gasteiger partial charge on any atom is -0.332 e. The lowest BCUT2D eigenvalue weighted by Gasteiger charge is -2.20. The minimum atomic E-state index is -3.27. The summed E-state index contributed by atoms with van der Waals surface area (Å²) >= 11 is 0. The lowest BCUT2D eigenvalue weighted by molar-refractivity contribution is 0.0968. The highest BCUT2D eigenvalue weighted by atomic mass is 32.2. The topological polar surface area (TPSA) is 69.0 Å². The van der Waals surface area contributed by atoms with Crippen LogP contribution in [0.2, 0.25) is 0 Å². The normalized spacial score (nSPS) is 24.2. The van der Waals surface area contributed by atoms with Gasteiger partial charge in [0, 0.05) is 19.4 Å². The van der Waals surface area contributed by atoms with E-state index in [1.807, 2.05) is 0 Å². The number of rotatable bonds is 2. The first-order valence-electron chi connectivity index (χ1n) is 5.25. The van der Waals surface area contributed by atoms with Crippen LogP contribution in [0.1, 0.15) is 29.9 Å². The molecule has 1 aromatic rings. The zero-order chi connectivity index (χ0) is 11.8. The Bertz CT molecular complexity index is 504. The molecule has 5 nitrogen and oxygen atoms in total. The summed E-state index contributed by atoms with van der Waals surface area (Å²) in [7, 11) is -1.58. The molecule has 16 heavy (non-hydrogen) atoms. The Labute approximate surface area is 94.4 Å². The first-order chi connectivity index (χ1) is 7.52. The molecule has 2 rings (SSSR count). The number of aryl methyl sites for hydroxylation is 1. The molecule has 0 bridgehead atoms. The smallest absolute Gasteiger partial charge is 0.216 e. The minimum absolute atomic E-state index is 0.119. The maximum atomic E-state index is 12.0. The van der Waals surface area contributed by atoms with Gasteiger partial charge in [0.1, 0.15) is 5.25 Å². The fourth-order valence-electron chi connectivity index (χ4n) is 2.00. The van der Waals surface area contributed by atoms with Gasteiger partial charge in [0.2, 0.25) is 5.78 Å². The lowest BCUT2D eigenvalue weighted by atomic mass is 10.1. The van der Waals surface area contributed by atoms with Crippen LogP contribution in [0.5, 0.6) is 0 Å². The van der Waals surface area contributed by atoms with E-state index in [0.29, 0.717) is 12.8 Å². The summed E-state index contributed by atoms with van der Waals surface area (Å²) in [5.41, 5.74) is 0. The number of Topliss-reactive ketones (excluding diaryl/α,β-unsaturated/α-hetero) is 1. The molecule has 0 spiro atoms. The molecule has 0 saturated carbocycles. The van der Waals surface area contributed by atoms with E-state index in [1.54, 1.807) is 17.8 Å². The van der Waals surface area contributed by atoms with Gasteiger partial charge < -0.3 is 4.57 Å². The Morgan fingerprint density at radius 2 is 2.25 bits per heavy atom. The van der Waals surface area contributed by atoms with Crippen molar-refractivity contribution in [1.29, 1.82) is 0 Å². The molecule has 1 saturated heterocycles. The molecule has 0 amide bonds. The summed E-state index contributed by atoms with van der Waals surface area (Å²) in [6.45, 7) is 0. The first-order valence-corrected chi connectivity index (χ1v) is 6.97. The Morgan fingerprint density at radius 3 is 2.81 bits per heavy atom. The highest BCUT2D eigenvalue weighted by Gasteiger charge is 2.36. The highest BCUT2D eigenvalue weighted by Crippen LogP contribution is 2.22. The van der Waals surface area contributed by atoms with Crippen LogP contribution in [0, 0.1) is 0 Å². The van der Waals surface area contributed by atoms with Gasteiger partial charge in [-0.1, -0.05) is 6.42 Å². The average Bonchev–Trinajstić information content (AvgIpc) is 2.63. The molecular formula is C10H14N2O3S. The van der Waals surface area contributed by atoms with Crippen molar-refractivity contribution in [1.82, 2.24) is 9.55 Å². The van der Waals surface area contributed by atoms with Gasteiger partial charge in [-0.25, -0.2) is 13.4 Å². The van der Waals surface area contributed by atoms with Crippen molar-refractivity contribution in [3.8, 4) is 0 Å². The monoisotopic (exact) mass is 242 g/mol. The van der Waals surface area contributed by atoms with E-state index in [2.05, 4.69) is 4.98 Å². The van der Waals surface area contributed by atoms with Crippen LogP contribution in [0.3, 0.4) is 0 Å². The van der Waals surface area contributed by atoms with E-state index in [0.717, 1.165) is 6.42 Å². The molecule has 0 aliphatic carbocycles. The number of hydrogen-bond donors (Lipinski definition) is 0. The molecule has 1 aromatic heterocycles. The van der Waals surface area contributed by atoms with Crippen molar-refractivity contribution in [2.75, 3.05) is 5.75 Å².